The van der Waals surface area contributed by atoms with E-state index < -0.39 is 11.7 Å². The molecule has 0 fully saturated rings. The van der Waals surface area contributed by atoms with Gasteiger partial charge in [0.1, 0.15) is 0 Å². The molecule has 3 rings (SSSR count). The number of nitrogens with one attached hydrogen (secondary N) is 1. The molecule has 1 atom stereocenters. The minimum absolute atomic E-state index is 0.0614. The van der Waals surface area contributed by atoms with Gasteiger partial charge in [0.15, 0.2) is 5.78 Å². The van der Waals surface area contributed by atoms with Gasteiger partial charge in [0, 0.05) is 18.5 Å². The lowest BCUT2D eigenvalue weighted by Crippen LogP contribution is -2.23. The molecule has 0 spiro atoms. The van der Waals surface area contributed by atoms with Crippen molar-refractivity contribution in [3.05, 3.63) is 52.6 Å². The number of allylic oxidation sites excluding steroid dienone is 4. The molecule has 0 saturated heterocycles. The minimum Gasteiger partial charge on any atom is -0.384 e. The van der Waals surface area contributed by atoms with Gasteiger partial charge in [-0.05, 0) is 47.9 Å². The number of Topliss-reactive ketones (excluding diaryl/α,β-unsaturated/α-hetero) is 1. The summed E-state index contributed by atoms with van der Waals surface area (Å²) >= 11 is 0. The molecule has 2 nitrogen and oxygen atoms in total. The topological polar surface area (TPSA) is 29.1 Å². The summed E-state index contributed by atoms with van der Waals surface area (Å²) in [5, 5.41) is 2.75. The highest BCUT2D eigenvalue weighted by atomic mass is 19.4. The van der Waals surface area contributed by atoms with Crippen LogP contribution in [-0.2, 0) is 12.6 Å². The number of benzene rings is 1. The average molecular weight is 349 g/mol. The Hall–Kier alpha value is -2.04. The van der Waals surface area contributed by atoms with E-state index in [4.69, 9.17) is 0 Å². The molecule has 0 saturated carbocycles. The largest absolute Gasteiger partial charge is 0.418 e. The second kappa shape index (κ2) is 6.70. The molecule has 0 bridgehead atoms. The van der Waals surface area contributed by atoms with Crippen LogP contribution >= 0.6 is 0 Å². The smallest absolute Gasteiger partial charge is 0.384 e. The molecule has 1 unspecified atom stereocenters. The Labute approximate surface area is 145 Å². The number of halogens is 3. The predicted molar refractivity (Wildman–Crippen MR) is 92.8 cm³/mol. The number of anilines is 1. The molecule has 1 N–H and O–H groups in total. The second-order valence-corrected chi connectivity index (χ2v) is 7.08. The first-order valence-corrected chi connectivity index (χ1v) is 8.65. The van der Waals surface area contributed by atoms with Gasteiger partial charge in [0.05, 0.1) is 11.3 Å². The van der Waals surface area contributed by atoms with Crippen molar-refractivity contribution in [3.8, 4) is 0 Å². The zero-order valence-corrected chi connectivity index (χ0v) is 14.4. The first kappa shape index (κ1) is 17.8. The van der Waals surface area contributed by atoms with Gasteiger partial charge in [-0.25, -0.2) is 0 Å². The highest BCUT2D eigenvalue weighted by Crippen LogP contribution is 2.40. The average Bonchev–Trinajstić information content (AvgIpc) is 2.54. The molecular weight excluding hydrogens is 327 g/mol. The van der Waals surface area contributed by atoms with Gasteiger partial charge in [-0.15, -0.1) is 0 Å². The Bertz CT molecular complexity index is 744. The van der Waals surface area contributed by atoms with Crippen LogP contribution in [0.3, 0.4) is 0 Å². The number of rotatable bonds is 3. The van der Waals surface area contributed by atoms with Crippen molar-refractivity contribution < 1.29 is 18.0 Å². The Morgan fingerprint density at radius 1 is 1.28 bits per heavy atom. The second-order valence-electron chi connectivity index (χ2n) is 7.08. The zero-order valence-electron chi connectivity index (χ0n) is 14.4. The third kappa shape index (κ3) is 3.80. The molecule has 1 aliphatic heterocycles. The fourth-order valence-corrected chi connectivity index (χ4v) is 3.45. The van der Waals surface area contributed by atoms with Crippen LogP contribution in [0.2, 0.25) is 0 Å². The van der Waals surface area contributed by atoms with Crippen LogP contribution in [0.5, 0.6) is 0 Å². The molecule has 5 heteroatoms. The summed E-state index contributed by atoms with van der Waals surface area (Å²) < 4.78 is 40.3. The summed E-state index contributed by atoms with van der Waals surface area (Å²) in [6.45, 7) is 4.49. The molecule has 0 radical (unpaired) electrons. The Kier molecular flexibility index (Phi) is 4.76. The number of carbonyl (C=O) groups excluding carboxylic acids is 1. The number of ketones is 1. The number of hydrogen-bond acceptors (Lipinski definition) is 2. The van der Waals surface area contributed by atoms with Crippen molar-refractivity contribution in [1.29, 1.82) is 0 Å². The fraction of sp³-hybridized carbons (Fsp3) is 0.450. The SMILES string of the molecule is CC(C)C1=CCC(Cc2cc3c(c(C(F)(F)F)c2)NCCC3=O)C=C1. The van der Waals surface area contributed by atoms with Crippen molar-refractivity contribution in [3.63, 3.8) is 0 Å². The van der Waals surface area contributed by atoms with Gasteiger partial charge in [-0.3, -0.25) is 4.79 Å². The zero-order chi connectivity index (χ0) is 18.2. The van der Waals surface area contributed by atoms with Gasteiger partial charge < -0.3 is 5.32 Å². The van der Waals surface area contributed by atoms with Gasteiger partial charge in [-0.2, -0.15) is 13.2 Å². The first-order valence-electron chi connectivity index (χ1n) is 8.65. The van der Waals surface area contributed by atoms with E-state index in [1.54, 1.807) is 6.07 Å². The van der Waals surface area contributed by atoms with Gasteiger partial charge >= 0.3 is 6.18 Å². The monoisotopic (exact) mass is 349 g/mol. The maximum absolute atomic E-state index is 13.4. The highest BCUT2D eigenvalue weighted by molar-refractivity contribution is 6.04. The summed E-state index contributed by atoms with van der Waals surface area (Å²) in [6, 6.07) is 2.83. The first-order chi connectivity index (χ1) is 11.8. The Morgan fingerprint density at radius 2 is 2.04 bits per heavy atom. The summed E-state index contributed by atoms with van der Waals surface area (Å²) in [5.41, 5.74) is 1.21. The van der Waals surface area contributed by atoms with Crippen LogP contribution in [0, 0.1) is 11.8 Å². The van der Waals surface area contributed by atoms with E-state index in [0.717, 1.165) is 6.42 Å². The van der Waals surface area contributed by atoms with Crippen LogP contribution in [0.25, 0.3) is 0 Å². The fourth-order valence-electron chi connectivity index (χ4n) is 3.45. The third-order valence-electron chi connectivity index (χ3n) is 4.84. The number of fused-ring (bicyclic) bond motifs is 1. The Morgan fingerprint density at radius 3 is 2.64 bits per heavy atom. The summed E-state index contributed by atoms with van der Waals surface area (Å²) in [4.78, 5) is 12.1. The summed E-state index contributed by atoms with van der Waals surface area (Å²) in [5.74, 6) is 0.386. The lowest BCUT2D eigenvalue weighted by molar-refractivity contribution is -0.137. The van der Waals surface area contributed by atoms with Crippen molar-refractivity contribution in [2.24, 2.45) is 11.8 Å². The van der Waals surface area contributed by atoms with Crippen LogP contribution < -0.4 is 5.32 Å². The van der Waals surface area contributed by atoms with E-state index in [1.165, 1.54) is 11.6 Å². The molecule has 1 aromatic rings. The minimum atomic E-state index is -4.47. The van der Waals surface area contributed by atoms with Gasteiger partial charge in [0.2, 0.25) is 0 Å². The van der Waals surface area contributed by atoms with E-state index in [2.05, 4.69) is 37.4 Å². The summed E-state index contributed by atoms with van der Waals surface area (Å²) in [6.07, 6.45) is 3.37. The van der Waals surface area contributed by atoms with Gasteiger partial charge in [0.25, 0.3) is 0 Å². The van der Waals surface area contributed by atoms with Crippen molar-refractivity contribution >= 4 is 11.5 Å². The molecule has 1 aliphatic carbocycles. The third-order valence-corrected chi connectivity index (χ3v) is 4.84. The molecule has 2 aliphatic rings. The number of carbonyl (C=O) groups is 1. The van der Waals surface area contributed by atoms with E-state index >= 15 is 0 Å². The van der Waals surface area contributed by atoms with Crippen LogP contribution in [0.15, 0.2) is 35.9 Å². The molecule has 134 valence electrons. The molecular formula is C20H22F3NO. The Balaban J connectivity index is 1.89. The quantitative estimate of drug-likeness (QED) is 0.791. The van der Waals surface area contributed by atoms with Gasteiger partial charge in [-0.1, -0.05) is 32.1 Å². The van der Waals surface area contributed by atoms with Crippen LogP contribution in [-0.4, -0.2) is 12.3 Å². The van der Waals surface area contributed by atoms with Crippen molar-refractivity contribution in [2.75, 3.05) is 11.9 Å². The van der Waals surface area contributed by atoms with Crippen LogP contribution in [0.1, 0.15) is 48.2 Å². The molecule has 0 aromatic heterocycles. The standard InChI is InChI=1S/C20H22F3NO/c1-12(2)15-5-3-13(4-6-15)9-14-10-16-18(25)7-8-24-19(16)17(11-14)20(21,22)23/h3,5-6,10-13,24H,4,7-9H2,1-2H3. The maximum atomic E-state index is 13.4. The lowest BCUT2D eigenvalue weighted by Gasteiger charge is -2.24. The molecule has 1 aromatic carbocycles. The number of alkyl halides is 3. The molecule has 25 heavy (non-hydrogen) atoms. The maximum Gasteiger partial charge on any atom is 0.418 e. The normalized spacial score (nSPS) is 20.3. The van der Waals surface area contributed by atoms with E-state index in [0.29, 0.717) is 17.9 Å². The molecule has 0 amide bonds. The van der Waals surface area contributed by atoms with E-state index in [-0.39, 0.29) is 35.9 Å². The highest BCUT2D eigenvalue weighted by Gasteiger charge is 2.37. The predicted octanol–water partition coefficient (Wildman–Crippen LogP) is 5.40. The summed E-state index contributed by atoms with van der Waals surface area (Å²) in [7, 11) is 0. The number of hydrogen-bond donors (Lipinski definition) is 1. The van der Waals surface area contributed by atoms with Crippen molar-refractivity contribution in [2.45, 2.75) is 39.3 Å². The van der Waals surface area contributed by atoms with Crippen LogP contribution in [0.4, 0.5) is 18.9 Å². The van der Waals surface area contributed by atoms with E-state index in [1.807, 2.05) is 0 Å². The van der Waals surface area contributed by atoms with Crippen molar-refractivity contribution in [1.82, 2.24) is 0 Å². The molecule has 1 heterocycles. The van der Waals surface area contributed by atoms with E-state index in [9.17, 15) is 18.0 Å². The lowest BCUT2D eigenvalue weighted by atomic mass is 9.86.